The minimum atomic E-state index is 0.647. The van der Waals surface area contributed by atoms with Gasteiger partial charge in [0.15, 0.2) is 0 Å². The number of likely N-dealkylation sites (N-methyl/N-ethyl adjacent to an activating group) is 1. The van der Waals surface area contributed by atoms with Crippen LogP contribution < -0.4 is 0 Å². The van der Waals surface area contributed by atoms with Crippen LogP contribution in [-0.4, -0.2) is 29.0 Å². The van der Waals surface area contributed by atoms with Gasteiger partial charge in [-0.2, -0.15) is 0 Å². The van der Waals surface area contributed by atoms with Crippen molar-refractivity contribution in [3.05, 3.63) is 35.5 Å². The summed E-state index contributed by atoms with van der Waals surface area (Å²) in [6.45, 7) is 7.03. The quantitative estimate of drug-likeness (QED) is 0.812. The zero-order chi connectivity index (χ0) is 12.5. The standard InChI is InChI=1S/C16H22N2/c1-3-18-10-6-9-16-14(11-12(18)2)13-7-4-5-8-15(13)17-16/h4-5,7-8,12,17H,3,6,9-11H2,1-2H3. The molecule has 1 aromatic heterocycles. The number of aromatic nitrogens is 1. The molecular weight excluding hydrogens is 220 g/mol. The topological polar surface area (TPSA) is 19.0 Å². The van der Waals surface area contributed by atoms with Crippen molar-refractivity contribution in [1.29, 1.82) is 0 Å². The highest BCUT2D eigenvalue weighted by Crippen LogP contribution is 2.27. The van der Waals surface area contributed by atoms with Gasteiger partial charge < -0.3 is 9.88 Å². The number of H-pyrrole nitrogens is 1. The first-order valence-electron chi connectivity index (χ1n) is 7.12. The summed E-state index contributed by atoms with van der Waals surface area (Å²) in [5.41, 5.74) is 4.33. The Morgan fingerprint density at radius 1 is 1.33 bits per heavy atom. The molecule has 2 heteroatoms. The summed E-state index contributed by atoms with van der Waals surface area (Å²) in [6, 6.07) is 9.37. The van der Waals surface area contributed by atoms with E-state index in [1.54, 1.807) is 5.56 Å². The molecular formula is C16H22N2. The summed E-state index contributed by atoms with van der Waals surface area (Å²) in [4.78, 5) is 6.22. The molecule has 2 nitrogen and oxygen atoms in total. The fourth-order valence-corrected chi connectivity index (χ4v) is 3.28. The van der Waals surface area contributed by atoms with Gasteiger partial charge in [0, 0.05) is 22.6 Å². The maximum absolute atomic E-state index is 3.62. The van der Waals surface area contributed by atoms with E-state index < -0.39 is 0 Å². The van der Waals surface area contributed by atoms with Gasteiger partial charge in [-0.3, -0.25) is 0 Å². The molecule has 1 aliphatic rings. The van der Waals surface area contributed by atoms with Gasteiger partial charge in [-0.05, 0) is 50.9 Å². The molecule has 0 bridgehead atoms. The monoisotopic (exact) mass is 242 g/mol. The lowest BCUT2D eigenvalue weighted by Crippen LogP contribution is -2.36. The smallest absolute Gasteiger partial charge is 0.0458 e. The van der Waals surface area contributed by atoms with E-state index in [9.17, 15) is 0 Å². The van der Waals surface area contributed by atoms with Crippen LogP contribution in [0.2, 0.25) is 0 Å². The third-order valence-electron chi connectivity index (χ3n) is 4.30. The normalized spacial score (nSPS) is 21.6. The maximum Gasteiger partial charge on any atom is 0.0458 e. The van der Waals surface area contributed by atoms with Gasteiger partial charge in [0.1, 0.15) is 0 Å². The van der Waals surface area contributed by atoms with Crippen molar-refractivity contribution >= 4 is 10.9 Å². The molecule has 2 aromatic rings. The number of benzene rings is 1. The minimum Gasteiger partial charge on any atom is -0.358 e. The molecule has 0 spiro atoms. The lowest BCUT2D eigenvalue weighted by Gasteiger charge is -2.30. The highest BCUT2D eigenvalue weighted by Gasteiger charge is 2.20. The summed E-state index contributed by atoms with van der Waals surface area (Å²) in [5, 5.41) is 1.43. The Morgan fingerprint density at radius 3 is 3.00 bits per heavy atom. The Labute approximate surface area is 109 Å². The van der Waals surface area contributed by atoms with Gasteiger partial charge in [0.05, 0.1) is 0 Å². The lowest BCUT2D eigenvalue weighted by molar-refractivity contribution is 0.211. The molecule has 1 aromatic carbocycles. The summed E-state index contributed by atoms with van der Waals surface area (Å²) >= 11 is 0. The zero-order valence-electron chi connectivity index (χ0n) is 11.4. The van der Waals surface area contributed by atoms with Crippen molar-refractivity contribution in [3.8, 4) is 0 Å². The second-order valence-electron chi connectivity index (χ2n) is 5.41. The van der Waals surface area contributed by atoms with E-state index in [2.05, 4.69) is 48.0 Å². The van der Waals surface area contributed by atoms with Crippen LogP contribution in [-0.2, 0) is 12.8 Å². The van der Waals surface area contributed by atoms with Gasteiger partial charge in [-0.15, -0.1) is 0 Å². The first-order valence-corrected chi connectivity index (χ1v) is 7.12. The number of para-hydroxylation sites is 1. The van der Waals surface area contributed by atoms with Crippen molar-refractivity contribution < 1.29 is 0 Å². The van der Waals surface area contributed by atoms with E-state index in [0.29, 0.717) is 6.04 Å². The van der Waals surface area contributed by atoms with Crippen molar-refractivity contribution in [1.82, 2.24) is 9.88 Å². The van der Waals surface area contributed by atoms with Crippen LogP contribution in [0, 0.1) is 0 Å². The number of hydrogen-bond acceptors (Lipinski definition) is 1. The largest absolute Gasteiger partial charge is 0.358 e. The predicted molar refractivity (Wildman–Crippen MR) is 77.0 cm³/mol. The second-order valence-corrected chi connectivity index (χ2v) is 5.41. The first-order chi connectivity index (χ1) is 8.79. The predicted octanol–water partition coefficient (Wildman–Crippen LogP) is 3.37. The van der Waals surface area contributed by atoms with Crippen LogP contribution in [0.15, 0.2) is 24.3 Å². The van der Waals surface area contributed by atoms with Gasteiger partial charge >= 0.3 is 0 Å². The first kappa shape index (κ1) is 11.8. The molecule has 1 atom stereocenters. The molecule has 0 amide bonds. The molecule has 1 unspecified atom stereocenters. The number of aryl methyl sites for hydroxylation is 1. The van der Waals surface area contributed by atoms with E-state index >= 15 is 0 Å². The SMILES string of the molecule is CCN1CCCc2[nH]c3ccccc3c2CC1C. The van der Waals surface area contributed by atoms with Crippen molar-refractivity contribution in [3.63, 3.8) is 0 Å². The van der Waals surface area contributed by atoms with Gasteiger partial charge in [-0.1, -0.05) is 25.1 Å². The van der Waals surface area contributed by atoms with Gasteiger partial charge in [0.2, 0.25) is 0 Å². The summed E-state index contributed by atoms with van der Waals surface area (Å²) in [6.07, 6.45) is 3.62. The number of aromatic amines is 1. The van der Waals surface area contributed by atoms with Crippen LogP contribution in [0.5, 0.6) is 0 Å². The second kappa shape index (κ2) is 4.77. The molecule has 0 aliphatic carbocycles. The molecule has 0 saturated heterocycles. The molecule has 3 rings (SSSR count). The molecule has 0 saturated carbocycles. The minimum absolute atomic E-state index is 0.647. The molecule has 1 aliphatic heterocycles. The lowest BCUT2D eigenvalue weighted by atomic mass is 9.98. The molecule has 2 heterocycles. The van der Waals surface area contributed by atoms with Crippen LogP contribution in [0.1, 0.15) is 31.5 Å². The van der Waals surface area contributed by atoms with Crippen LogP contribution in [0.3, 0.4) is 0 Å². The maximum atomic E-state index is 3.62. The van der Waals surface area contributed by atoms with Gasteiger partial charge in [0.25, 0.3) is 0 Å². The summed E-state index contributed by atoms with van der Waals surface area (Å²) < 4.78 is 0. The van der Waals surface area contributed by atoms with E-state index in [4.69, 9.17) is 0 Å². The Bertz CT molecular complexity index is 541. The fourth-order valence-electron chi connectivity index (χ4n) is 3.28. The molecule has 0 radical (unpaired) electrons. The van der Waals surface area contributed by atoms with E-state index in [0.717, 1.165) is 0 Å². The third-order valence-corrected chi connectivity index (χ3v) is 4.30. The number of fused-ring (bicyclic) bond motifs is 3. The van der Waals surface area contributed by atoms with Crippen molar-refractivity contribution in [2.75, 3.05) is 13.1 Å². The van der Waals surface area contributed by atoms with Crippen LogP contribution in [0.25, 0.3) is 10.9 Å². The van der Waals surface area contributed by atoms with Crippen molar-refractivity contribution in [2.24, 2.45) is 0 Å². The van der Waals surface area contributed by atoms with Crippen molar-refractivity contribution in [2.45, 2.75) is 39.2 Å². The fraction of sp³-hybridized carbons (Fsp3) is 0.500. The van der Waals surface area contributed by atoms with E-state index in [1.807, 2.05) is 0 Å². The highest BCUT2D eigenvalue weighted by atomic mass is 15.1. The van der Waals surface area contributed by atoms with Crippen LogP contribution >= 0.6 is 0 Å². The van der Waals surface area contributed by atoms with E-state index in [1.165, 1.54) is 48.9 Å². The van der Waals surface area contributed by atoms with Crippen LogP contribution in [0.4, 0.5) is 0 Å². The molecule has 18 heavy (non-hydrogen) atoms. The number of nitrogens with zero attached hydrogens (tertiary/aromatic N) is 1. The Kier molecular flexibility index (Phi) is 3.13. The third kappa shape index (κ3) is 1.95. The highest BCUT2D eigenvalue weighted by molar-refractivity contribution is 5.84. The molecule has 96 valence electrons. The summed E-state index contributed by atoms with van der Waals surface area (Å²) in [5.74, 6) is 0. The number of rotatable bonds is 1. The van der Waals surface area contributed by atoms with Gasteiger partial charge in [-0.25, -0.2) is 0 Å². The molecule has 1 N–H and O–H groups in total. The summed E-state index contributed by atoms with van der Waals surface area (Å²) in [7, 11) is 0. The van der Waals surface area contributed by atoms with E-state index in [-0.39, 0.29) is 0 Å². The number of hydrogen-bond donors (Lipinski definition) is 1. The molecule has 0 fully saturated rings. The average Bonchev–Trinajstić information content (AvgIpc) is 2.70. The number of nitrogens with one attached hydrogen (secondary N) is 1. The zero-order valence-corrected chi connectivity index (χ0v) is 11.4. The Balaban J connectivity index is 2.04. The average molecular weight is 242 g/mol. The Morgan fingerprint density at radius 2 is 2.17 bits per heavy atom. The Hall–Kier alpha value is -1.28.